The molecule has 24 nitrogen and oxygen atoms in total. The van der Waals surface area contributed by atoms with Gasteiger partial charge in [-0.3, -0.25) is 46.4 Å². The Morgan fingerprint density at radius 2 is 0.908 bits per heavy atom. The summed E-state index contributed by atoms with van der Waals surface area (Å²) >= 11 is 0. The average molecular weight is 925 g/mol. The summed E-state index contributed by atoms with van der Waals surface area (Å²) in [5, 5.41) is 0. The molecule has 0 aromatic carbocycles. The molecule has 65 heavy (non-hydrogen) atoms. The molecular weight excluding hydrogens is 873 g/mol. The van der Waals surface area contributed by atoms with E-state index in [1.54, 1.807) is 14.1 Å². The fourth-order valence-electron chi connectivity index (χ4n) is 7.33. The third-order valence-corrected chi connectivity index (χ3v) is 11.6. The van der Waals surface area contributed by atoms with Gasteiger partial charge >= 0.3 is 17.1 Å². The van der Waals surface area contributed by atoms with E-state index in [1.807, 2.05) is 0 Å². The van der Waals surface area contributed by atoms with E-state index in [0.717, 1.165) is 58.0 Å². The Morgan fingerprint density at radius 1 is 0.554 bits per heavy atom. The van der Waals surface area contributed by atoms with Crippen molar-refractivity contribution in [2.75, 3.05) is 52.5 Å². The van der Waals surface area contributed by atoms with Gasteiger partial charge in [-0.05, 0) is 56.3 Å². The number of nitrogens with zero attached hydrogens (tertiary/aromatic N) is 11. The highest BCUT2D eigenvalue weighted by atomic mass is 32.2. The first-order valence-corrected chi connectivity index (χ1v) is 22.7. The van der Waals surface area contributed by atoms with Gasteiger partial charge in [0.25, 0.3) is 26.8 Å². The second kappa shape index (κ2) is 22.2. The normalized spacial score (nSPS) is 16.2. The van der Waals surface area contributed by atoms with Gasteiger partial charge < -0.3 is 14.2 Å². The minimum atomic E-state index is -3.26. The van der Waals surface area contributed by atoms with Crippen molar-refractivity contribution in [1.29, 1.82) is 0 Å². The number of hydrogen-bond acceptors (Lipinski definition) is 18. The molecule has 0 atom stereocenters. The first-order valence-electron chi connectivity index (χ1n) is 20.9. The van der Waals surface area contributed by atoms with Gasteiger partial charge in [-0.15, -0.1) is 0 Å². The molecule has 0 bridgehead atoms. The fourth-order valence-corrected chi connectivity index (χ4v) is 7.77. The summed E-state index contributed by atoms with van der Waals surface area (Å²) in [6.07, 6.45) is 15.1. The van der Waals surface area contributed by atoms with Crippen molar-refractivity contribution in [3.05, 3.63) is 99.7 Å². The zero-order valence-electron chi connectivity index (χ0n) is 36.5. The minimum absolute atomic E-state index is 0.171. The number of nitrogens with one attached hydrogen (secondary N) is 1. The van der Waals surface area contributed by atoms with E-state index < -0.39 is 21.4 Å². The predicted octanol–water partition coefficient (Wildman–Crippen LogP) is -0.760. The second-order valence-corrected chi connectivity index (χ2v) is 17.3. The number of rotatable bonds is 7. The Bertz CT molecular complexity index is 2940. The largest absolute Gasteiger partial charge is 0.381 e. The average Bonchev–Trinajstić information content (AvgIpc) is 3.33. The highest BCUT2D eigenvalue weighted by Crippen LogP contribution is 2.17. The lowest BCUT2D eigenvalue weighted by atomic mass is 10.0. The van der Waals surface area contributed by atoms with Crippen LogP contribution in [0.3, 0.4) is 0 Å². The van der Waals surface area contributed by atoms with Crippen molar-refractivity contribution in [1.82, 2.24) is 57.7 Å². The molecule has 3 aliphatic rings. The molecule has 0 aliphatic carbocycles. The number of aryl methyl sites for hydroxylation is 3. The van der Waals surface area contributed by atoms with Crippen molar-refractivity contribution in [2.45, 2.75) is 51.6 Å². The molecule has 0 unspecified atom stereocenters. The zero-order chi connectivity index (χ0) is 46.7. The van der Waals surface area contributed by atoms with Crippen LogP contribution in [0.1, 0.15) is 38.5 Å². The van der Waals surface area contributed by atoms with Crippen LogP contribution in [-0.2, 0) is 62.7 Å². The van der Waals surface area contributed by atoms with E-state index in [2.05, 4.69) is 39.1 Å². The van der Waals surface area contributed by atoms with Gasteiger partial charge in [-0.25, -0.2) is 44.3 Å². The third kappa shape index (κ3) is 12.4. The van der Waals surface area contributed by atoms with Gasteiger partial charge in [0.05, 0.1) is 12.9 Å². The highest BCUT2D eigenvalue weighted by molar-refractivity contribution is 7.85. The van der Waals surface area contributed by atoms with Crippen LogP contribution in [0.25, 0.3) is 33.5 Å². The van der Waals surface area contributed by atoms with Gasteiger partial charge in [0.1, 0.15) is 0 Å². The summed E-state index contributed by atoms with van der Waals surface area (Å²) in [4.78, 5) is 97.7. The van der Waals surface area contributed by atoms with Crippen LogP contribution in [0.5, 0.6) is 0 Å². The standard InChI is InChI=1S/2C13H16N4O3.C7H6N4O2.C7H14O4S/c2*1-16-11-10(14-4-5-15-11)12(18)17(13(16)19)8-9-2-6-20-7-3-9;1-11-5-4(8-2-3-9-5)6(12)10-7(11)13;1-12(8,9)11-6-7-2-4-10-5-3-7/h2*4-5,9H,2-3,6-8H2,1H3;2-3H,1H3,(H,10,12,13);7H,2-6H2,1H3. The number of H-pyrrole nitrogens is 1. The molecule has 3 saturated heterocycles. The van der Waals surface area contributed by atoms with Crippen LogP contribution >= 0.6 is 0 Å². The van der Waals surface area contributed by atoms with Gasteiger partial charge in [-0.1, -0.05) is 0 Å². The molecule has 9 rings (SSSR count). The smallest absolute Gasteiger partial charge is 0.332 e. The van der Waals surface area contributed by atoms with Crippen molar-refractivity contribution in [2.24, 2.45) is 38.9 Å². The summed E-state index contributed by atoms with van der Waals surface area (Å²) in [7, 11) is 1.48. The molecule has 25 heteroatoms. The number of fused-ring (bicyclic) bond motifs is 3. The Labute approximate surface area is 370 Å². The molecule has 350 valence electrons. The molecule has 3 fully saturated rings. The number of ether oxygens (including phenoxy) is 3. The summed E-state index contributed by atoms with van der Waals surface area (Å²) < 4.78 is 48.2. The Hall–Kier alpha value is -6.15. The summed E-state index contributed by atoms with van der Waals surface area (Å²) in [6, 6.07) is 0. The van der Waals surface area contributed by atoms with Crippen molar-refractivity contribution >= 4 is 43.6 Å². The summed E-state index contributed by atoms with van der Waals surface area (Å²) in [5.74, 6) is 0.931. The molecule has 0 radical (unpaired) electrons. The summed E-state index contributed by atoms with van der Waals surface area (Å²) in [6.45, 7) is 5.33. The lowest BCUT2D eigenvalue weighted by Crippen LogP contribution is -2.41. The van der Waals surface area contributed by atoms with Crippen LogP contribution in [-0.4, -0.2) is 119 Å². The second-order valence-electron chi connectivity index (χ2n) is 15.7. The SMILES string of the molecule is CS(=O)(=O)OCC1CCOCC1.Cn1c(=O)[nH]c(=O)c2nccnc21.Cn1c(=O)n(CC2CCOCC2)c(=O)c2nccnc21.Cn1c(=O)n(CC2CCOCC2)c(=O)c2nccnc21. The van der Waals surface area contributed by atoms with Crippen LogP contribution in [0.2, 0.25) is 0 Å². The number of aromatic amines is 1. The van der Waals surface area contributed by atoms with E-state index in [1.165, 1.54) is 67.1 Å². The van der Waals surface area contributed by atoms with Crippen LogP contribution in [0, 0.1) is 17.8 Å². The van der Waals surface area contributed by atoms with E-state index in [0.29, 0.717) is 75.2 Å². The molecule has 0 amide bonds. The topological polar surface area (TPSA) is 291 Å². The lowest BCUT2D eigenvalue weighted by Gasteiger charge is -2.22. The lowest BCUT2D eigenvalue weighted by molar-refractivity contribution is 0.0508. The van der Waals surface area contributed by atoms with Gasteiger partial charge in [0, 0.05) is 111 Å². The van der Waals surface area contributed by atoms with Crippen LogP contribution < -0.4 is 33.7 Å². The van der Waals surface area contributed by atoms with Crippen molar-refractivity contribution in [3.8, 4) is 0 Å². The first-order chi connectivity index (χ1) is 31.1. The van der Waals surface area contributed by atoms with E-state index >= 15 is 0 Å². The van der Waals surface area contributed by atoms with Gasteiger partial charge in [0.15, 0.2) is 33.5 Å². The third-order valence-electron chi connectivity index (χ3n) is 11.1. The van der Waals surface area contributed by atoms with E-state index in [4.69, 9.17) is 14.2 Å². The predicted molar refractivity (Wildman–Crippen MR) is 235 cm³/mol. The van der Waals surface area contributed by atoms with Gasteiger partial charge in [0.2, 0.25) is 0 Å². The van der Waals surface area contributed by atoms with Crippen molar-refractivity contribution in [3.63, 3.8) is 0 Å². The molecule has 6 aromatic heterocycles. The maximum Gasteiger partial charge on any atom is 0.332 e. The quantitative estimate of drug-likeness (QED) is 0.193. The molecule has 6 aromatic rings. The van der Waals surface area contributed by atoms with E-state index in [-0.39, 0.29) is 44.7 Å². The van der Waals surface area contributed by atoms with Crippen LogP contribution in [0.15, 0.2) is 65.9 Å². The molecule has 1 N–H and O–H groups in total. The maximum absolute atomic E-state index is 12.4. The molecule has 3 aliphatic heterocycles. The molecule has 0 saturated carbocycles. The maximum atomic E-state index is 12.4. The van der Waals surface area contributed by atoms with Crippen molar-refractivity contribution < 1.29 is 26.8 Å². The zero-order valence-corrected chi connectivity index (χ0v) is 37.3. The molecule has 0 spiro atoms. The highest BCUT2D eigenvalue weighted by Gasteiger charge is 2.21. The van der Waals surface area contributed by atoms with Crippen LogP contribution in [0.4, 0.5) is 0 Å². The minimum Gasteiger partial charge on any atom is -0.381 e. The summed E-state index contributed by atoms with van der Waals surface area (Å²) in [5.41, 5.74) is -0.806. The number of aromatic nitrogens is 12. The fraction of sp³-hybridized carbons (Fsp3) is 0.550. The molecule has 9 heterocycles. The Balaban J connectivity index is 0.000000147. The van der Waals surface area contributed by atoms with E-state index in [9.17, 15) is 37.2 Å². The molecular formula is C40H52N12O12S. The first kappa shape index (κ1) is 48.3. The monoisotopic (exact) mass is 924 g/mol. The van der Waals surface area contributed by atoms with Gasteiger partial charge in [-0.2, -0.15) is 8.42 Å². The Morgan fingerprint density at radius 3 is 1.31 bits per heavy atom. The number of hydrogen-bond donors (Lipinski definition) is 1. The Kier molecular flexibility index (Phi) is 16.5.